The van der Waals surface area contributed by atoms with Crippen LogP contribution < -0.4 is 0 Å². The van der Waals surface area contributed by atoms with E-state index in [9.17, 15) is 34.5 Å². The summed E-state index contributed by atoms with van der Waals surface area (Å²) < 4.78 is 28.2. The Balaban J connectivity index is 2.75. The Morgan fingerprint density at radius 3 is 1.42 bits per heavy atom. The lowest BCUT2D eigenvalue weighted by Crippen LogP contribution is -2.61. The third kappa shape index (κ3) is 38.8. The quantitative estimate of drug-likeness (QED) is 0.0228. The van der Waals surface area contributed by atoms with Crippen LogP contribution in [0.2, 0.25) is 0 Å². The lowest BCUT2D eigenvalue weighted by molar-refractivity contribution is -0.301. The smallest absolute Gasteiger partial charge is 0.335 e. The van der Waals surface area contributed by atoms with Gasteiger partial charge in [0.25, 0.3) is 0 Å². The van der Waals surface area contributed by atoms with Crippen LogP contribution in [0.4, 0.5) is 0 Å². The summed E-state index contributed by atoms with van der Waals surface area (Å²) in [6.45, 7) is 5.69. The zero-order valence-corrected chi connectivity index (χ0v) is 45.3. The average Bonchev–Trinajstić information content (AvgIpc) is 3.37. The van der Waals surface area contributed by atoms with Crippen molar-refractivity contribution in [2.75, 3.05) is 13.2 Å². The molecule has 1 aliphatic rings. The number of ether oxygens (including phenoxy) is 5. The highest BCUT2D eigenvalue weighted by molar-refractivity contribution is 5.74. The minimum absolute atomic E-state index is 0.0312. The Morgan fingerprint density at radius 2 is 0.918 bits per heavy atom. The van der Waals surface area contributed by atoms with E-state index in [1.165, 1.54) is 38.5 Å². The number of carboxylic acid groups (broad SMARTS) is 1. The number of carbonyl (C=O) groups excluding carboxylic acids is 3. The van der Waals surface area contributed by atoms with E-state index in [0.717, 1.165) is 109 Å². The number of aliphatic hydroxyl groups excluding tert-OH is 2. The molecule has 0 aromatic heterocycles. The van der Waals surface area contributed by atoms with Crippen molar-refractivity contribution in [3.8, 4) is 0 Å². The normalized spacial score (nSPS) is 19.1. The largest absolute Gasteiger partial charge is 0.479 e. The van der Waals surface area contributed by atoms with Gasteiger partial charge in [-0.3, -0.25) is 14.4 Å². The van der Waals surface area contributed by atoms with Crippen molar-refractivity contribution in [1.29, 1.82) is 0 Å². The first kappa shape index (κ1) is 66.7. The van der Waals surface area contributed by atoms with E-state index >= 15 is 0 Å². The first-order chi connectivity index (χ1) is 35.6. The van der Waals surface area contributed by atoms with Crippen LogP contribution in [0, 0.1) is 0 Å². The van der Waals surface area contributed by atoms with Crippen LogP contribution in [-0.2, 0) is 42.9 Å². The van der Waals surface area contributed by atoms with Gasteiger partial charge in [-0.15, -0.1) is 0 Å². The van der Waals surface area contributed by atoms with Gasteiger partial charge < -0.3 is 39.0 Å². The Morgan fingerprint density at radius 1 is 0.466 bits per heavy atom. The summed E-state index contributed by atoms with van der Waals surface area (Å²) in [5, 5.41) is 31.4. The first-order valence-electron chi connectivity index (χ1n) is 28.2. The molecule has 1 aliphatic heterocycles. The van der Waals surface area contributed by atoms with Gasteiger partial charge in [0.05, 0.1) is 6.61 Å². The monoisotopic (exact) mass is 1020 g/mol. The van der Waals surface area contributed by atoms with E-state index in [-0.39, 0.29) is 25.9 Å². The molecule has 414 valence electrons. The number of unbranched alkanes of at least 4 members (excludes halogenated alkanes) is 16. The van der Waals surface area contributed by atoms with Crippen LogP contribution in [0.1, 0.15) is 213 Å². The molecule has 0 aromatic rings. The summed E-state index contributed by atoms with van der Waals surface area (Å²) in [6.07, 6.45) is 51.1. The van der Waals surface area contributed by atoms with E-state index in [1.54, 1.807) is 0 Å². The second kappa shape index (κ2) is 48.6. The van der Waals surface area contributed by atoms with E-state index in [4.69, 9.17) is 23.7 Å². The maximum atomic E-state index is 13.1. The molecule has 0 aliphatic carbocycles. The van der Waals surface area contributed by atoms with Crippen molar-refractivity contribution in [3.63, 3.8) is 0 Å². The van der Waals surface area contributed by atoms with E-state index < -0.39 is 67.3 Å². The summed E-state index contributed by atoms with van der Waals surface area (Å²) in [5.74, 6) is -3.27. The molecule has 0 saturated carbocycles. The highest BCUT2D eigenvalue weighted by Crippen LogP contribution is 2.26. The minimum atomic E-state index is -1.92. The fourth-order valence-corrected chi connectivity index (χ4v) is 7.80. The maximum Gasteiger partial charge on any atom is 0.335 e. The summed E-state index contributed by atoms with van der Waals surface area (Å²) in [7, 11) is 0. The van der Waals surface area contributed by atoms with Gasteiger partial charge in [0, 0.05) is 19.3 Å². The fourth-order valence-electron chi connectivity index (χ4n) is 7.80. The Kier molecular flexibility index (Phi) is 44.4. The second-order valence-electron chi connectivity index (χ2n) is 18.8. The molecule has 12 heteroatoms. The van der Waals surface area contributed by atoms with Gasteiger partial charge in [-0.05, 0) is 103 Å². The molecule has 0 amide bonds. The maximum absolute atomic E-state index is 13.1. The zero-order chi connectivity index (χ0) is 53.3. The van der Waals surface area contributed by atoms with Crippen LogP contribution in [0.25, 0.3) is 0 Å². The van der Waals surface area contributed by atoms with Gasteiger partial charge in [0.15, 0.2) is 24.6 Å². The number of hydrogen-bond acceptors (Lipinski definition) is 11. The molecule has 1 fully saturated rings. The average molecular weight is 1020 g/mol. The molecular weight excluding hydrogens is 925 g/mol. The number of hydrogen-bond donors (Lipinski definition) is 3. The fraction of sp³-hybridized carbons (Fsp3) is 0.672. The van der Waals surface area contributed by atoms with Gasteiger partial charge in [0.1, 0.15) is 18.8 Å². The number of allylic oxidation sites excluding steroid dienone is 16. The van der Waals surface area contributed by atoms with Crippen molar-refractivity contribution >= 4 is 23.9 Å². The second-order valence-corrected chi connectivity index (χ2v) is 18.8. The van der Waals surface area contributed by atoms with Crippen LogP contribution >= 0.6 is 0 Å². The van der Waals surface area contributed by atoms with Gasteiger partial charge in [0.2, 0.25) is 0 Å². The van der Waals surface area contributed by atoms with Crippen molar-refractivity contribution in [1.82, 2.24) is 0 Å². The molecule has 0 aromatic carbocycles. The van der Waals surface area contributed by atoms with Gasteiger partial charge in [-0.1, -0.05) is 189 Å². The summed E-state index contributed by atoms with van der Waals surface area (Å²) in [4.78, 5) is 51.0. The summed E-state index contributed by atoms with van der Waals surface area (Å²) >= 11 is 0. The van der Waals surface area contributed by atoms with Crippen molar-refractivity contribution in [2.45, 2.75) is 250 Å². The SMILES string of the molecule is CC/C=C\C/C=C\C/C=C\C/C=C\CCC(=O)OC(COC(=O)CCCCCCCCC/C=C\C/C=C\CCCCC)COC1OC(C(=O)O)C(O)C(O)C1OC(=O)CCCCCCC/C=C\C/C=C\CCC. The zero-order valence-electron chi connectivity index (χ0n) is 45.3. The molecular formula is C61H98O12. The molecule has 0 spiro atoms. The number of carbonyl (C=O) groups is 4. The third-order valence-corrected chi connectivity index (χ3v) is 12.1. The Labute approximate surface area is 441 Å². The predicted octanol–water partition coefficient (Wildman–Crippen LogP) is 14.1. The molecule has 1 saturated heterocycles. The van der Waals surface area contributed by atoms with Gasteiger partial charge >= 0.3 is 23.9 Å². The lowest BCUT2D eigenvalue weighted by atomic mass is 9.98. The van der Waals surface area contributed by atoms with E-state index in [2.05, 4.69) is 106 Å². The molecule has 73 heavy (non-hydrogen) atoms. The topological polar surface area (TPSA) is 175 Å². The van der Waals surface area contributed by atoms with Crippen LogP contribution in [0.5, 0.6) is 0 Å². The summed E-state index contributed by atoms with van der Waals surface area (Å²) in [5.41, 5.74) is 0. The Bertz CT molecular complexity index is 1640. The van der Waals surface area contributed by atoms with Crippen LogP contribution in [0.15, 0.2) is 97.2 Å². The van der Waals surface area contributed by atoms with E-state index in [0.29, 0.717) is 25.7 Å². The van der Waals surface area contributed by atoms with Crippen molar-refractivity contribution < 1.29 is 58.2 Å². The minimum Gasteiger partial charge on any atom is -0.479 e. The summed E-state index contributed by atoms with van der Waals surface area (Å²) in [6, 6.07) is 0. The van der Waals surface area contributed by atoms with Crippen molar-refractivity contribution in [2.24, 2.45) is 0 Å². The molecule has 3 N–H and O–H groups in total. The standard InChI is InChI=1S/C61H98O12/c1-4-7-10-13-16-19-22-25-26-27-28-31-32-35-38-41-44-47-53(62)69-50-52(71-54(63)48-45-42-39-36-33-29-23-20-17-14-11-8-5-2)51-70-61-59(57(66)56(65)58(73-61)60(67)68)72-55(64)49-46-43-40-37-34-30-24-21-18-15-12-9-6-3/h8,11-12,15-17,19-21,24-26,29,33,39,42,52,56-59,61,65-66H,4-7,9-10,13-14,18,22-23,27-28,30-32,34-38,40-41,43-51H2,1-3H3,(H,67,68)/b11-8-,15-12-,19-16-,20-17-,24-21-,26-25-,33-29-,42-39-. The van der Waals surface area contributed by atoms with Gasteiger partial charge in [-0.25, -0.2) is 4.79 Å². The molecule has 12 nitrogen and oxygen atoms in total. The molecule has 6 atom stereocenters. The highest BCUT2D eigenvalue weighted by atomic mass is 16.7. The van der Waals surface area contributed by atoms with Gasteiger partial charge in [-0.2, -0.15) is 0 Å². The highest BCUT2D eigenvalue weighted by Gasteiger charge is 2.50. The van der Waals surface area contributed by atoms with E-state index in [1.807, 2.05) is 12.2 Å². The number of aliphatic hydroxyl groups is 2. The predicted molar refractivity (Wildman–Crippen MR) is 294 cm³/mol. The molecule has 6 unspecified atom stereocenters. The number of carboxylic acids is 1. The molecule has 0 radical (unpaired) electrons. The number of rotatable bonds is 46. The number of aliphatic carboxylic acids is 1. The van der Waals surface area contributed by atoms with Crippen molar-refractivity contribution in [3.05, 3.63) is 97.2 Å². The third-order valence-electron chi connectivity index (χ3n) is 12.1. The number of esters is 3. The first-order valence-corrected chi connectivity index (χ1v) is 28.2. The van der Waals surface area contributed by atoms with Crippen LogP contribution in [-0.4, -0.2) is 89.2 Å². The molecule has 1 rings (SSSR count). The Hall–Kier alpha value is -4.36. The van der Waals surface area contributed by atoms with Crippen LogP contribution in [0.3, 0.4) is 0 Å². The molecule has 1 heterocycles. The molecule has 0 bridgehead atoms. The lowest BCUT2D eigenvalue weighted by Gasteiger charge is -2.40.